The van der Waals surface area contributed by atoms with Crippen LogP contribution in [0.25, 0.3) is 0 Å². The number of sulfonamides is 1. The summed E-state index contributed by atoms with van der Waals surface area (Å²) in [5, 5.41) is 3.08. The van der Waals surface area contributed by atoms with Gasteiger partial charge < -0.3 is 5.32 Å². The van der Waals surface area contributed by atoms with Crippen molar-refractivity contribution in [3.63, 3.8) is 0 Å². The van der Waals surface area contributed by atoms with Crippen LogP contribution in [0, 0.1) is 0 Å². The van der Waals surface area contributed by atoms with Crippen molar-refractivity contribution >= 4 is 21.6 Å². The maximum absolute atomic E-state index is 12.9. The zero-order chi connectivity index (χ0) is 21.4. The molecule has 160 valence electrons. The Morgan fingerprint density at radius 2 is 1.70 bits per heavy atom. The predicted octanol–water partition coefficient (Wildman–Crippen LogP) is 4.31. The lowest BCUT2D eigenvalue weighted by Crippen LogP contribution is -2.39. The fourth-order valence-corrected chi connectivity index (χ4v) is 5.29. The number of amides is 1. The summed E-state index contributed by atoms with van der Waals surface area (Å²) in [4.78, 5) is 13.0. The monoisotopic (exact) mass is 426 g/mol. The molecule has 1 saturated carbocycles. The average Bonchev–Trinajstić information content (AvgIpc) is 3.55. The number of fused-ring (bicyclic) bond motifs is 1. The van der Waals surface area contributed by atoms with Crippen molar-refractivity contribution in [3.05, 3.63) is 59.2 Å². The van der Waals surface area contributed by atoms with E-state index in [9.17, 15) is 13.2 Å². The van der Waals surface area contributed by atoms with Crippen molar-refractivity contribution < 1.29 is 13.2 Å². The lowest BCUT2D eigenvalue weighted by atomic mass is 9.92. The van der Waals surface area contributed by atoms with E-state index in [1.807, 2.05) is 38.1 Å². The van der Waals surface area contributed by atoms with Gasteiger partial charge in [0.05, 0.1) is 10.3 Å². The highest BCUT2D eigenvalue weighted by Gasteiger charge is 2.51. The van der Waals surface area contributed by atoms with E-state index in [0.717, 1.165) is 49.7 Å². The summed E-state index contributed by atoms with van der Waals surface area (Å²) in [6.45, 7) is 4.06. The number of benzene rings is 2. The molecule has 30 heavy (non-hydrogen) atoms. The van der Waals surface area contributed by atoms with E-state index in [1.54, 1.807) is 18.2 Å². The minimum Gasteiger partial charge on any atom is -0.353 e. The fraction of sp³-hybridized carbons (Fsp3) is 0.458. The standard InChI is InChI=1S/C24H30N2O3S/c1-3-17(2)25-23(27)24(14-15-24)20-9-11-21(12-10-20)26-30(28,29)22-13-8-18-6-4-5-7-19(18)16-22/h8-13,16-17,26H,3-7,14-15H2,1-2H3,(H,25,27). The SMILES string of the molecule is CCC(C)NC(=O)C1(c2ccc(NS(=O)(=O)c3ccc4c(c3)CCCC4)cc2)CC1. The zero-order valence-corrected chi connectivity index (χ0v) is 18.5. The van der Waals surface area contributed by atoms with Gasteiger partial charge in [-0.1, -0.05) is 25.1 Å². The van der Waals surface area contributed by atoms with Gasteiger partial charge in [-0.05, 0) is 92.8 Å². The Hall–Kier alpha value is -2.34. The smallest absolute Gasteiger partial charge is 0.261 e. The van der Waals surface area contributed by atoms with Crippen molar-refractivity contribution in [2.24, 2.45) is 0 Å². The first kappa shape index (κ1) is 20.9. The molecular formula is C24H30N2O3S. The fourth-order valence-electron chi connectivity index (χ4n) is 4.18. The van der Waals surface area contributed by atoms with E-state index < -0.39 is 15.4 Å². The summed E-state index contributed by atoms with van der Waals surface area (Å²) in [5.74, 6) is 0.0687. The maximum Gasteiger partial charge on any atom is 0.261 e. The molecule has 5 nitrogen and oxygen atoms in total. The largest absolute Gasteiger partial charge is 0.353 e. The Morgan fingerprint density at radius 1 is 1.03 bits per heavy atom. The van der Waals surface area contributed by atoms with Crippen LogP contribution in [0.1, 0.15) is 62.6 Å². The van der Waals surface area contributed by atoms with E-state index in [0.29, 0.717) is 10.6 Å². The topological polar surface area (TPSA) is 75.3 Å². The van der Waals surface area contributed by atoms with Gasteiger partial charge in [0.1, 0.15) is 0 Å². The molecule has 6 heteroatoms. The van der Waals surface area contributed by atoms with E-state index in [-0.39, 0.29) is 11.9 Å². The zero-order valence-electron chi connectivity index (χ0n) is 17.7. The first-order chi connectivity index (χ1) is 14.3. The molecule has 0 saturated heterocycles. The summed E-state index contributed by atoms with van der Waals surface area (Å²) in [5.41, 5.74) is 3.39. The van der Waals surface area contributed by atoms with Gasteiger partial charge in [-0.2, -0.15) is 0 Å². The average molecular weight is 427 g/mol. The molecule has 0 bridgehead atoms. The summed E-state index contributed by atoms with van der Waals surface area (Å²) in [6.07, 6.45) is 6.79. The third-order valence-corrected chi connectivity index (χ3v) is 7.87. The molecule has 2 aliphatic carbocycles. The van der Waals surface area contributed by atoms with Gasteiger partial charge in [0.25, 0.3) is 10.0 Å². The molecule has 2 aromatic carbocycles. The number of carbonyl (C=O) groups is 1. The maximum atomic E-state index is 12.9. The normalized spacial score (nSPS) is 18.2. The van der Waals surface area contributed by atoms with Crippen molar-refractivity contribution in [2.45, 2.75) is 75.1 Å². The van der Waals surface area contributed by atoms with Crippen LogP contribution in [0.2, 0.25) is 0 Å². The minimum absolute atomic E-state index is 0.0687. The summed E-state index contributed by atoms with van der Waals surface area (Å²) < 4.78 is 28.4. The molecule has 2 aliphatic rings. The minimum atomic E-state index is -3.64. The van der Waals surface area contributed by atoms with Crippen molar-refractivity contribution in [1.29, 1.82) is 0 Å². The molecule has 1 amide bonds. The Morgan fingerprint density at radius 3 is 2.33 bits per heavy atom. The summed E-state index contributed by atoms with van der Waals surface area (Å²) in [7, 11) is -3.64. The first-order valence-electron chi connectivity index (χ1n) is 10.9. The highest BCUT2D eigenvalue weighted by atomic mass is 32.2. The van der Waals surface area contributed by atoms with Gasteiger partial charge in [-0.15, -0.1) is 0 Å². The second-order valence-corrected chi connectivity index (χ2v) is 10.4. The van der Waals surface area contributed by atoms with Crippen LogP contribution in [-0.4, -0.2) is 20.4 Å². The van der Waals surface area contributed by atoms with E-state index in [4.69, 9.17) is 0 Å². The first-order valence-corrected chi connectivity index (χ1v) is 12.4. The quantitative estimate of drug-likeness (QED) is 0.693. The number of hydrogen-bond acceptors (Lipinski definition) is 3. The van der Waals surface area contributed by atoms with E-state index >= 15 is 0 Å². The van der Waals surface area contributed by atoms with Gasteiger partial charge in [-0.3, -0.25) is 9.52 Å². The highest BCUT2D eigenvalue weighted by Crippen LogP contribution is 2.48. The van der Waals surface area contributed by atoms with Crippen molar-refractivity contribution in [1.82, 2.24) is 5.32 Å². The van der Waals surface area contributed by atoms with Crippen LogP contribution in [-0.2, 0) is 33.1 Å². The number of anilines is 1. The molecule has 1 fully saturated rings. The molecule has 0 aromatic heterocycles. The molecule has 2 aromatic rings. The predicted molar refractivity (Wildman–Crippen MR) is 119 cm³/mol. The lowest BCUT2D eigenvalue weighted by molar-refractivity contribution is -0.124. The van der Waals surface area contributed by atoms with Crippen LogP contribution in [0.4, 0.5) is 5.69 Å². The van der Waals surface area contributed by atoms with Gasteiger partial charge in [-0.25, -0.2) is 8.42 Å². The van der Waals surface area contributed by atoms with Crippen molar-refractivity contribution in [2.75, 3.05) is 4.72 Å². The van der Waals surface area contributed by atoms with Crippen LogP contribution < -0.4 is 10.0 Å². The molecule has 0 spiro atoms. The third kappa shape index (κ3) is 4.10. The van der Waals surface area contributed by atoms with Crippen LogP contribution in [0.15, 0.2) is 47.4 Å². The Labute approximate surface area is 179 Å². The Bertz CT molecular complexity index is 1040. The van der Waals surface area contributed by atoms with Gasteiger partial charge in [0.15, 0.2) is 0 Å². The number of carbonyl (C=O) groups excluding carboxylic acids is 1. The van der Waals surface area contributed by atoms with Crippen LogP contribution in [0.3, 0.4) is 0 Å². The number of aryl methyl sites for hydroxylation is 2. The lowest BCUT2D eigenvalue weighted by Gasteiger charge is -2.20. The Kier molecular flexibility index (Phi) is 5.62. The van der Waals surface area contributed by atoms with Gasteiger partial charge in [0.2, 0.25) is 5.91 Å². The molecule has 2 N–H and O–H groups in total. The van der Waals surface area contributed by atoms with Crippen molar-refractivity contribution in [3.8, 4) is 0 Å². The summed E-state index contributed by atoms with van der Waals surface area (Å²) >= 11 is 0. The van der Waals surface area contributed by atoms with Crippen LogP contribution >= 0.6 is 0 Å². The second kappa shape index (κ2) is 8.06. The van der Waals surface area contributed by atoms with Gasteiger partial charge in [0, 0.05) is 11.7 Å². The number of rotatable bonds is 7. The number of nitrogens with one attached hydrogen (secondary N) is 2. The van der Waals surface area contributed by atoms with E-state index in [1.165, 1.54) is 12.0 Å². The molecule has 0 radical (unpaired) electrons. The molecule has 1 atom stereocenters. The molecule has 4 rings (SSSR count). The Balaban J connectivity index is 1.49. The third-order valence-electron chi connectivity index (χ3n) is 6.49. The highest BCUT2D eigenvalue weighted by molar-refractivity contribution is 7.92. The molecule has 1 unspecified atom stereocenters. The van der Waals surface area contributed by atoms with Gasteiger partial charge >= 0.3 is 0 Å². The molecule has 0 aliphatic heterocycles. The van der Waals surface area contributed by atoms with E-state index in [2.05, 4.69) is 10.0 Å². The number of hydrogen-bond donors (Lipinski definition) is 2. The summed E-state index contributed by atoms with van der Waals surface area (Å²) in [6, 6.07) is 12.8. The molecular weight excluding hydrogens is 396 g/mol. The van der Waals surface area contributed by atoms with Crippen LogP contribution in [0.5, 0.6) is 0 Å². The second-order valence-electron chi connectivity index (χ2n) is 8.69. The molecule has 0 heterocycles.